The van der Waals surface area contributed by atoms with Gasteiger partial charge in [0.2, 0.25) is 0 Å². The molecule has 0 aromatic heterocycles. The van der Waals surface area contributed by atoms with E-state index in [0.717, 1.165) is 12.3 Å². The van der Waals surface area contributed by atoms with Crippen LogP contribution in [0.4, 0.5) is 0 Å². The maximum atomic E-state index is 9.54. The van der Waals surface area contributed by atoms with E-state index >= 15 is 0 Å². The van der Waals surface area contributed by atoms with Crippen LogP contribution in [0.3, 0.4) is 0 Å². The van der Waals surface area contributed by atoms with Crippen LogP contribution in [0, 0.1) is 17.3 Å². The van der Waals surface area contributed by atoms with Crippen molar-refractivity contribution in [2.75, 3.05) is 0 Å². The van der Waals surface area contributed by atoms with E-state index in [1.807, 2.05) is 0 Å². The molecule has 0 aromatic carbocycles. The van der Waals surface area contributed by atoms with Gasteiger partial charge in [0.15, 0.2) is 0 Å². The molecular weight excluding hydrogens is 124 g/mol. The summed E-state index contributed by atoms with van der Waals surface area (Å²) in [6.07, 6.45) is 3.75. The molecule has 4 atom stereocenters. The highest BCUT2D eigenvalue weighted by Gasteiger charge is 2.53. The van der Waals surface area contributed by atoms with Crippen LogP contribution in [0.15, 0.2) is 0 Å². The second-order valence-electron chi connectivity index (χ2n) is 4.43. The zero-order valence-corrected chi connectivity index (χ0v) is 6.80. The first-order chi connectivity index (χ1) is 4.63. The molecule has 0 bridgehead atoms. The first-order valence-corrected chi connectivity index (χ1v) is 4.31. The zero-order chi connectivity index (χ0) is 7.35. The van der Waals surface area contributed by atoms with E-state index in [0.29, 0.717) is 11.3 Å². The van der Waals surface area contributed by atoms with Crippen LogP contribution in [0.2, 0.25) is 0 Å². The van der Waals surface area contributed by atoms with Gasteiger partial charge in [-0.15, -0.1) is 0 Å². The molecule has 0 amide bonds. The van der Waals surface area contributed by atoms with Gasteiger partial charge >= 0.3 is 0 Å². The number of hydrogen-bond acceptors (Lipinski definition) is 1. The predicted octanol–water partition coefficient (Wildman–Crippen LogP) is 1.80. The van der Waals surface area contributed by atoms with Gasteiger partial charge in [-0.3, -0.25) is 0 Å². The van der Waals surface area contributed by atoms with Crippen molar-refractivity contribution >= 4 is 0 Å². The third-order valence-electron chi connectivity index (χ3n) is 3.84. The van der Waals surface area contributed by atoms with Crippen LogP contribution in [-0.4, -0.2) is 11.2 Å². The molecule has 2 saturated carbocycles. The molecule has 1 nitrogen and oxygen atoms in total. The number of aliphatic hydroxyl groups excluding tert-OH is 1. The normalized spacial score (nSPS) is 59.7. The summed E-state index contributed by atoms with van der Waals surface area (Å²) in [7, 11) is 0. The van der Waals surface area contributed by atoms with Gasteiger partial charge in [-0.25, -0.2) is 0 Å². The molecule has 0 aromatic rings. The minimum atomic E-state index is -0.00231. The van der Waals surface area contributed by atoms with Gasteiger partial charge in [-0.1, -0.05) is 13.8 Å². The Balaban J connectivity index is 2.17. The number of hydrogen-bond donors (Lipinski definition) is 1. The molecule has 0 radical (unpaired) electrons. The first kappa shape index (κ1) is 6.66. The first-order valence-electron chi connectivity index (χ1n) is 4.31. The summed E-state index contributed by atoms with van der Waals surface area (Å²) in [5.41, 5.74) is 0.527. The van der Waals surface area contributed by atoms with Crippen LogP contribution in [0.1, 0.15) is 33.1 Å². The molecule has 2 aliphatic carbocycles. The minimum absolute atomic E-state index is 0.00231. The highest BCUT2D eigenvalue weighted by molar-refractivity contribution is 5.03. The quantitative estimate of drug-likeness (QED) is 0.544. The number of fused-ring (bicyclic) bond motifs is 1. The van der Waals surface area contributed by atoms with Crippen molar-refractivity contribution in [2.24, 2.45) is 17.3 Å². The number of aliphatic hydroxyl groups is 1. The highest BCUT2D eigenvalue weighted by atomic mass is 16.3. The van der Waals surface area contributed by atoms with Crippen LogP contribution in [0.25, 0.3) is 0 Å². The van der Waals surface area contributed by atoms with Gasteiger partial charge in [0, 0.05) is 0 Å². The summed E-state index contributed by atoms with van der Waals surface area (Å²) in [6, 6.07) is 0. The lowest BCUT2D eigenvalue weighted by Gasteiger charge is -2.43. The molecule has 0 spiro atoms. The predicted molar refractivity (Wildman–Crippen MR) is 40.6 cm³/mol. The standard InChI is InChI=1S/C9H16O/c1-6-7-3-4-9(7,2)5-8(6)10/h6-8,10H,3-5H2,1-2H3/t6-,7+,8-,9-/m1/s1. The van der Waals surface area contributed by atoms with Gasteiger partial charge in [0.05, 0.1) is 6.10 Å². The van der Waals surface area contributed by atoms with Gasteiger partial charge < -0.3 is 5.11 Å². The van der Waals surface area contributed by atoms with Crippen LogP contribution in [0.5, 0.6) is 0 Å². The Hall–Kier alpha value is -0.0400. The molecule has 0 aliphatic heterocycles. The Morgan fingerprint density at radius 3 is 2.40 bits per heavy atom. The van der Waals surface area contributed by atoms with Crippen LogP contribution in [-0.2, 0) is 0 Å². The summed E-state index contributed by atoms with van der Waals surface area (Å²) in [5.74, 6) is 1.40. The fraction of sp³-hybridized carbons (Fsp3) is 1.00. The van der Waals surface area contributed by atoms with E-state index in [1.165, 1.54) is 12.8 Å². The smallest absolute Gasteiger partial charge is 0.0573 e. The maximum absolute atomic E-state index is 9.54. The number of rotatable bonds is 0. The monoisotopic (exact) mass is 140 g/mol. The Morgan fingerprint density at radius 2 is 2.20 bits per heavy atom. The lowest BCUT2D eigenvalue weighted by Crippen LogP contribution is -2.34. The summed E-state index contributed by atoms with van der Waals surface area (Å²) in [4.78, 5) is 0. The van der Waals surface area contributed by atoms with Crippen LogP contribution < -0.4 is 0 Å². The molecule has 0 heterocycles. The topological polar surface area (TPSA) is 20.2 Å². The van der Waals surface area contributed by atoms with Crippen molar-refractivity contribution in [3.63, 3.8) is 0 Å². The Bertz CT molecular complexity index is 155. The van der Waals surface area contributed by atoms with E-state index in [9.17, 15) is 5.11 Å². The van der Waals surface area contributed by atoms with Gasteiger partial charge in [-0.2, -0.15) is 0 Å². The van der Waals surface area contributed by atoms with Crippen LogP contribution >= 0.6 is 0 Å². The maximum Gasteiger partial charge on any atom is 0.0573 e. The molecule has 0 unspecified atom stereocenters. The fourth-order valence-corrected chi connectivity index (χ4v) is 2.89. The summed E-state index contributed by atoms with van der Waals surface area (Å²) < 4.78 is 0. The van der Waals surface area contributed by atoms with Crippen molar-refractivity contribution in [1.29, 1.82) is 0 Å². The molecule has 2 rings (SSSR count). The zero-order valence-electron chi connectivity index (χ0n) is 6.80. The Kier molecular flexibility index (Phi) is 1.17. The Labute approximate surface area is 62.4 Å². The minimum Gasteiger partial charge on any atom is -0.393 e. The molecule has 10 heavy (non-hydrogen) atoms. The molecule has 1 heteroatoms. The van der Waals surface area contributed by atoms with Gasteiger partial charge in [0.1, 0.15) is 0 Å². The third kappa shape index (κ3) is 0.619. The Morgan fingerprint density at radius 1 is 1.50 bits per heavy atom. The van der Waals surface area contributed by atoms with Crippen molar-refractivity contribution < 1.29 is 5.11 Å². The van der Waals surface area contributed by atoms with Gasteiger partial charge in [0.25, 0.3) is 0 Å². The van der Waals surface area contributed by atoms with Crippen molar-refractivity contribution in [2.45, 2.75) is 39.2 Å². The average Bonchev–Trinajstić information content (AvgIpc) is 1.95. The van der Waals surface area contributed by atoms with Crippen molar-refractivity contribution in [3.05, 3.63) is 0 Å². The van der Waals surface area contributed by atoms with Crippen molar-refractivity contribution in [1.82, 2.24) is 0 Å². The largest absolute Gasteiger partial charge is 0.393 e. The van der Waals surface area contributed by atoms with E-state index in [-0.39, 0.29) is 6.10 Å². The highest BCUT2D eigenvalue weighted by Crippen LogP contribution is 2.59. The second kappa shape index (κ2) is 1.76. The molecule has 1 N–H and O–H groups in total. The molecule has 0 saturated heterocycles. The van der Waals surface area contributed by atoms with E-state index in [1.54, 1.807) is 0 Å². The molecular formula is C9H16O. The molecule has 2 aliphatic rings. The van der Waals surface area contributed by atoms with Gasteiger partial charge in [-0.05, 0) is 36.5 Å². The van der Waals surface area contributed by atoms with E-state index in [4.69, 9.17) is 0 Å². The summed E-state index contributed by atoms with van der Waals surface area (Å²) >= 11 is 0. The summed E-state index contributed by atoms with van der Waals surface area (Å²) in [6.45, 7) is 4.52. The summed E-state index contributed by atoms with van der Waals surface area (Å²) in [5, 5.41) is 9.54. The second-order valence-corrected chi connectivity index (χ2v) is 4.43. The van der Waals surface area contributed by atoms with E-state index in [2.05, 4.69) is 13.8 Å². The average molecular weight is 140 g/mol. The molecule has 2 fully saturated rings. The SMILES string of the molecule is C[C@H]1[C@H](O)C[C@@]2(C)CC[C@@H]12. The third-order valence-corrected chi connectivity index (χ3v) is 3.84. The lowest BCUT2D eigenvalue weighted by molar-refractivity contribution is 0.0630. The molecule has 58 valence electrons. The van der Waals surface area contributed by atoms with Crippen molar-refractivity contribution in [3.8, 4) is 0 Å². The lowest BCUT2D eigenvalue weighted by atomic mass is 9.62. The van der Waals surface area contributed by atoms with E-state index < -0.39 is 0 Å². The fourth-order valence-electron chi connectivity index (χ4n) is 2.89.